The monoisotopic (exact) mass is 1250 g/mol. The van der Waals surface area contributed by atoms with Crippen LogP contribution in [0.1, 0.15) is 355 Å². The minimum absolute atomic E-state index is 0.0822. The molecule has 522 valence electrons. The Morgan fingerprint density at radius 1 is 0.273 bits per heavy atom. The Morgan fingerprint density at radius 2 is 0.477 bits per heavy atom. The maximum Gasteiger partial charge on any atom is 0.0877 e. The van der Waals surface area contributed by atoms with Crippen LogP contribution < -0.4 is 0 Å². The minimum atomic E-state index is -1.27. The lowest BCUT2D eigenvalue weighted by Gasteiger charge is -2.32. The molecular formula is C75H144O13. The fourth-order valence-electron chi connectivity index (χ4n) is 12.8. The van der Waals surface area contributed by atoms with Crippen molar-refractivity contribution in [2.75, 3.05) is 6.61 Å². The Bertz CT molecular complexity index is 1980. The number of hydrogen-bond donors (Lipinski definition) is 13. The summed E-state index contributed by atoms with van der Waals surface area (Å²) in [6.45, 7) is 30.3. The van der Waals surface area contributed by atoms with Gasteiger partial charge >= 0.3 is 0 Å². The third kappa shape index (κ3) is 47.3. The number of aliphatic hydroxyl groups is 13. The van der Waals surface area contributed by atoms with Gasteiger partial charge in [-0.2, -0.15) is 0 Å². The van der Waals surface area contributed by atoms with Crippen molar-refractivity contribution in [1.29, 1.82) is 0 Å². The molecule has 0 amide bonds. The molecule has 0 aromatic carbocycles. The molecule has 0 bridgehead atoms. The molecule has 0 fully saturated rings. The van der Waals surface area contributed by atoms with E-state index in [1.807, 2.05) is 75.3 Å². The average molecular weight is 1250 g/mol. The largest absolute Gasteiger partial charge is 0.392 e. The first kappa shape index (κ1) is 86.4. The molecule has 0 radical (unpaired) electrons. The number of allylic oxidation sites excluding steroid dienone is 7. The van der Waals surface area contributed by atoms with Crippen LogP contribution in [-0.4, -0.2) is 141 Å². The molecule has 13 heteroatoms. The van der Waals surface area contributed by atoms with Crippen molar-refractivity contribution < 1.29 is 66.4 Å². The number of rotatable bonds is 54. The molecule has 0 aliphatic heterocycles. The van der Waals surface area contributed by atoms with Crippen LogP contribution in [0.3, 0.4) is 0 Å². The average Bonchev–Trinajstić information content (AvgIpc) is 3.50. The molecule has 13 nitrogen and oxygen atoms in total. The van der Waals surface area contributed by atoms with Gasteiger partial charge in [0.2, 0.25) is 0 Å². The lowest BCUT2D eigenvalue weighted by molar-refractivity contribution is -0.0746. The Balaban J connectivity index is 4.54. The lowest BCUT2D eigenvalue weighted by Crippen LogP contribution is -2.39. The molecule has 12 atom stereocenters. The Labute approximate surface area is 539 Å². The van der Waals surface area contributed by atoms with Crippen LogP contribution in [0, 0.1) is 0 Å². The van der Waals surface area contributed by atoms with Gasteiger partial charge in [-0.15, -0.1) is 0 Å². The zero-order valence-corrected chi connectivity index (χ0v) is 59.8. The van der Waals surface area contributed by atoms with Crippen molar-refractivity contribution in [1.82, 2.24) is 0 Å². The third-order valence-corrected chi connectivity index (χ3v) is 19.5. The standard InChI is InChI=1S/C75H144O13/c1-60(2)30-19-38-65(6,78)39-20-40-66(7,79)41-21-42-67(8,80)43-22-44-68(9,81)45-23-46-69(10,82)47-24-48-70(11,83)49-25-50-71(12,84)51-26-52-72(13,85)53-27-54-73(14,86)55-28-56-74(15,87)57-29-58-75(16,88)64(77)36-35-62(4)33-17-31-61(3)32-18-34-63(5)37-59-76/h30,32-33,37,64,76-88H,17-29,31,34-36,38-59H2,1-16H3/b61-32+,62-33+,63-37+/t64-,65-,66-,67-,68-,69+,70-,71-,72-,73-,74+,75+/m0/s1. The number of hydrogen-bond acceptors (Lipinski definition) is 13. The molecule has 13 N–H and O–H groups in total. The van der Waals surface area contributed by atoms with Crippen LogP contribution in [0.2, 0.25) is 0 Å². The van der Waals surface area contributed by atoms with E-state index in [0.29, 0.717) is 205 Å². The van der Waals surface area contributed by atoms with Gasteiger partial charge in [-0.1, -0.05) is 46.6 Å². The van der Waals surface area contributed by atoms with E-state index >= 15 is 0 Å². The van der Waals surface area contributed by atoms with Gasteiger partial charge in [0, 0.05) is 0 Å². The smallest absolute Gasteiger partial charge is 0.0877 e. The van der Waals surface area contributed by atoms with Gasteiger partial charge in [-0.25, -0.2) is 0 Å². The molecule has 0 rings (SSSR count). The second kappa shape index (κ2) is 40.6. The first-order valence-corrected chi connectivity index (χ1v) is 35.0. The summed E-state index contributed by atoms with van der Waals surface area (Å²) in [5.74, 6) is 0. The molecule has 0 aromatic rings. The molecule has 0 saturated carbocycles. The quantitative estimate of drug-likeness (QED) is 0.0253. The maximum absolute atomic E-state index is 11.2. The first-order valence-electron chi connectivity index (χ1n) is 35.0. The highest BCUT2D eigenvalue weighted by Gasteiger charge is 2.34. The zero-order chi connectivity index (χ0) is 67.8. The molecule has 0 unspecified atom stereocenters. The zero-order valence-electron chi connectivity index (χ0n) is 59.8. The Kier molecular flexibility index (Phi) is 39.9. The van der Waals surface area contributed by atoms with E-state index in [9.17, 15) is 61.3 Å². The Hall–Kier alpha value is -1.56. The van der Waals surface area contributed by atoms with Crippen LogP contribution in [0.15, 0.2) is 46.6 Å². The SMILES string of the molecule is CC(C)=CCC[C@](C)(O)CCC[C@](C)(O)CCC[C@](C)(O)CCC[C@](C)(O)CCC[C@@](C)(O)CCC[C@](C)(O)CCC[C@](C)(O)CCC[C@](C)(O)CCC[C@](C)(O)CCC[C@@](C)(O)CCC[C@@](C)(O)[C@@H](O)CC/C(C)=C/CC/C(C)=C/CC/C(C)=C/CO. The number of aliphatic hydroxyl groups excluding tert-OH is 2. The Morgan fingerprint density at radius 3 is 0.705 bits per heavy atom. The summed E-state index contributed by atoms with van der Waals surface area (Å²) < 4.78 is 0. The molecule has 0 heterocycles. The van der Waals surface area contributed by atoms with E-state index in [1.54, 1.807) is 13.8 Å². The lowest BCUT2D eigenvalue weighted by atomic mass is 9.83. The first-order chi connectivity index (χ1) is 40.2. The van der Waals surface area contributed by atoms with Crippen molar-refractivity contribution in [3.05, 3.63) is 46.6 Å². The second-order valence-electron chi connectivity index (χ2n) is 32.1. The van der Waals surface area contributed by atoms with Gasteiger partial charge < -0.3 is 66.4 Å². The van der Waals surface area contributed by atoms with E-state index in [1.165, 1.54) is 22.3 Å². The molecule has 0 aliphatic carbocycles. The second-order valence-corrected chi connectivity index (χ2v) is 32.1. The molecule has 0 aromatic heterocycles. The van der Waals surface area contributed by atoms with E-state index < -0.39 is 67.7 Å². The predicted molar refractivity (Wildman–Crippen MR) is 366 cm³/mol. The summed E-state index contributed by atoms with van der Waals surface area (Å²) in [5, 5.41) is 142. The van der Waals surface area contributed by atoms with Gasteiger partial charge in [0.05, 0.1) is 74.3 Å². The highest BCUT2D eigenvalue weighted by molar-refractivity contribution is 5.07. The van der Waals surface area contributed by atoms with E-state index in [0.717, 1.165) is 38.5 Å². The van der Waals surface area contributed by atoms with Crippen molar-refractivity contribution in [2.45, 2.75) is 422 Å². The van der Waals surface area contributed by atoms with Crippen LogP contribution in [0.4, 0.5) is 0 Å². The normalized spacial score (nSPS) is 21.0. The van der Waals surface area contributed by atoms with Crippen molar-refractivity contribution >= 4 is 0 Å². The maximum atomic E-state index is 11.2. The van der Waals surface area contributed by atoms with Crippen LogP contribution in [0.25, 0.3) is 0 Å². The third-order valence-electron chi connectivity index (χ3n) is 19.5. The molecule has 0 saturated heterocycles. The summed E-state index contributed by atoms with van der Waals surface area (Å²) in [5.41, 5.74) is -5.46. The fourth-order valence-corrected chi connectivity index (χ4v) is 12.8. The highest BCUT2D eigenvalue weighted by atomic mass is 16.3. The van der Waals surface area contributed by atoms with Gasteiger partial charge in [0.1, 0.15) is 0 Å². The van der Waals surface area contributed by atoms with E-state index in [-0.39, 0.29) is 6.61 Å². The summed E-state index contributed by atoms with van der Waals surface area (Å²) >= 11 is 0. The van der Waals surface area contributed by atoms with E-state index in [2.05, 4.69) is 45.9 Å². The topological polar surface area (TPSA) is 263 Å². The van der Waals surface area contributed by atoms with Crippen LogP contribution in [0.5, 0.6) is 0 Å². The molecule has 0 spiro atoms. The van der Waals surface area contributed by atoms with Gasteiger partial charge in [-0.3, -0.25) is 0 Å². The minimum Gasteiger partial charge on any atom is -0.392 e. The van der Waals surface area contributed by atoms with Crippen LogP contribution in [-0.2, 0) is 0 Å². The fraction of sp³-hybridized carbons (Fsp3) is 0.893. The predicted octanol–water partition coefficient (Wildman–Crippen LogP) is 15.2. The van der Waals surface area contributed by atoms with E-state index in [4.69, 9.17) is 5.11 Å². The summed E-state index contributed by atoms with van der Waals surface area (Å²) in [6, 6.07) is 0. The van der Waals surface area contributed by atoms with Gasteiger partial charge in [0.15, 0.2) is 0 Å². The van der Waals surface area contributed by atoms with Gasteiger partial charge in [0.25, 0.3) is 0 Å². The summed E-state index contributed by atoms with van der Waals surface area (Å²) in [4.78, 5) is 0. The van der Waals surface area contributed by atoms with Crippen molar-refractivity contribution in [3.63, 3.8) is 0 Å². The van der Waals surface area contributed by atoms with Crippen molar-refractivity contribution in [2.24, 2.45) is 0 Å². The van der Waals surface area contributed by atoms with Gasteiger partial charge in [-0.05, 0) is 355 Å². The van der Waals surface area contributed by atoms with Crippen LogP contribution >= 0.6 is 0 Å². The highest BCUT2D eigenvalue weighted by Crippen LogP contribution is 2.35. The van der Waals surface area contributed by atoms with Crippen molar-refractivity contribution in [3.8, 4) is 0 Å². The molecule has 0 aliphatic rings. The summed E-state index contributed by atoms with van der Waals surface area (Å²) in [6.07, 6.45) is 30.9. The summed E-state index contributed by atoms with van der Waals surface area (Å²) in [7, 11) is 0. The molecule has 88 heavy (non-hydrogen) atoms. The molecular weight excluding hydrogens is 1110 g/mol.